The van der Waals surface area contributed by atoms with Crippen LogP contribution in [0.15, 0.2) is 42.7 Å². The fourth-order valence-corrected chi connectivity index (χ4v) is 5.20. The van der Waals surface area contributed by atoms with Crippen molar-refractivity contribution in [1.82, 2.24) is 14.9 Å². The summed E-state index contributed by atoms with van der Waals surface area (Å²) in [6.07, 6.45) is 7.09. The van der Waals surface area contributed by atoms with Crippen molar-refractivity contribution in [3.8, 4) is 6.07 Å². The minimum absolute atomic E-state index is 0.0857. The number of aromatic nitrogens is 2. The Bertz CT molecular complexity index is 1140. The van der Waals surface area contributed by atoms with E-state index in [1.807, 2.05) is 24.5 Å². The van der Waals surface area contributed by atoms with Crippen LogP contribution in [0.4, 0.5) is 0 Å². The van der Waals surface area contributed by atoms with Gasteiger partial charge < -0.3 is 5.11 Å². The highest BCUT2D eigenvalue weighted by Gasteiger charge is 2.35. The van der Waals surface area contributed by atoms with Gasteiger partial charge in [0, 0.05) is 18.9 Å². The Kier molecular flexibility index (Phi) is 6.88. The molecule has 0 aliphatic carbocycles. The van der Waals surface area contributed by atoms with Gasteiger partial charge in [-0.05, 0) is 92.5 Å². The monoisotopic (exact) mass is 440 g/mol. The molecule has 1 fully saturated rings. The van der Waals surface area contributed by atoms with Crippen LogP contribution in [0.1, 0.15) is 81.7 Å². The second-order valence-electron chi connectivity index (χ2n) is 9.32. The average molecular weight is 441 g/mol. The van der Waals surface area contributed by atoms with Crippen LogP contribution in [-0.4, -0.2) is 20.0 Å². The van der Waals surface area contributed by atoms with Gasteiger partial charge in [0.1, 0.15) is 0 Å². The van der Waals surface area contributed by atoms with Crippen LogP contribution in [0.3, 0.4) is 0 Å². The molecule has 5 heteroatoms. The summed E-state index contributed by atoms with van der Waals surface area (Å²) in [5.41, 5.74) is 9.41. The van der Waals surface area contributed by atoms with Crippen LogP contribution in [0.5, 0.6) is 0 Å². The molecule has 3 aromatic rings. The van der Waals surface area contributed by atoms with Gasteiger partial charge in [-0.15, -0.1) is 0 Å². The first-order valence-corrected chi connectivity index (χ1v) is 11.7. The van der Waals surface area contributed by atoms with Crippen molar-refractivity contribution in [1.29, 1.82) is 5.26 Å². The zero-order valence-electron chi connectivity index (χ0n) is 20.0. The number of aliphatic hydroxyl groups is 1. The molecule has 2 aromatic heterocycles. The summed E-state index contributed by atoms with van der Waals surface area (Å²) >= 11 is 0. The molecular weight excluding hydrogens is 408 g/mol. The first-order valence-electron chi connectivity index (χ1n) is 11.7. The highest BCUT2D eigenvalue weighted by atomic mass is 16.3. The number of benzene rings is 1. The molecule has 0 radical (unpaired) electrons. The lowest BCUT2D eigenvalue weighted by Gasteiger charge is -2.43. The van der Waals surface area contributed by atoms with Crippen molar-refractivity contribution >= 4 is 0 Å². The summed E-state index contributed by atoms with van der Waals surface area (Å²) in [6.45, 7) is 9.03. The molecular formula is C28H32N4O. The van der Waals surface area contributed by atoms with E-state index in [1.54, 1.807) is 6.07 Å². The second-order valence-corrected chi connectivity index (χ2v) is 9.32. The lowest BCUT2D eigenvalue weighted by Crippen LogP contribution is -2.37. The molecule has 2 unspecified atom stereocenters. The number of aliphatic hydroxyl groups excluding tert-OH is 1. The van der Waals surface area contributed by atoms with Gasteiger partial charge in [0.05, 0.1) is 41.7 Å². The van der Waals surface area contributed by atoms with E-state index in [-0.39, 0.29) is 18.7 Å². The van der Waals surface area contributed by atoms with Crippen LogP contribution in [0, 0.1) is 39.0 Å². The van der Waals surface area contributed by atoms with Gasteiger partial charge in [0.25, 0.3) is 0 Å². The van der Waals surface area contributed by atoms with E-state index >= 15 is 0 Å². The molecule has 2 atom stereocenters. The van der Waals surface area contributed by atoms with Crippen molar-refractivity contribution in [3.05, 3.63) is 93.1 Å². The summed E-state index contributed by atoms with van der Waals surface area (Å²) in [6, 6.07) is 12.5. The molecule has 1 N–H and O–H groups in total. The Morgan fingerprint density at radius 2 is 1.48 bits per heavy atom. The Morgan fingerprint density at radius 3 is 1.97 bits per heavy atom. The third-order valence-corrected chi connectivity index (χ3v) is 6.76. The molecule has 0 bridgehead atoms. The number of rotatable bonds is 5. The molecule has 33 heavy (non-hydrogen) atoms. The molecule has 0 spiro atoms. The smallest absolute Gasteiger partial charge is 0.0991 e. The first-order chi connectivity index (χ1) is 15.9. The van der Waals surface area contributed by atoms with E-state index in [0.29, 0.717) is 12.1 Å². The van der Waals surface area contributed by atoms with Crippen LogP contribution in [-0.2, 0) is 13.2 Å². The number of piperidine rings is 1. The number of hydrogen-bond donors (Lipinski definition) is 1. The van der Waals surface area contributed by atoms with Crippen molar-refractivity contribution < 1.29 is 5.11 Å². The summed E-state index contributed by atoms with van der Waals surface area (Å²) in [5, 5.41) is 19.3. The fraction of sp³-hybridized carbons (Fsp3) is 0.393. The van der Waals surface area contributed by atoms with Gasteiger partial charge in [0.15, 0.2) is 0 Å². The number of pyridine rings is 2. The van der Waals surface area contributed by atoms with E-state index in [0.717, 1.165) is 41.8 Å². The first kappa shape index (κ1) is 23.1. The van der Waals surface area contributed by atoms with E-state index in [1.165, 1.54) is 22.3 Å². The molecule has 0 saturated carbocycles. The molecule has 5 nitrogen and oxygen atoms in total. The SMILES string of the molecule is Cc1cnc(C2CCCC(c3ncc(C)cc3C)N2Cc2ccc(C#N)cc2CO)c(C)c1. The Balaban J connectivity index is 1.80. The average Bonchev–Trinajstić information content (AvgIpc) is 2.80. The maximum atomic E-state index is 10.0. The normalized spacial score (nSPS) is 18.8. The highest BCUT2D eigenvalue weighted by Crippen LogP contribution is 2.43. The quantitative estimate of drug-likeness (QED) is 0.564. The van der Waals surface area contributed by atoms with E-state index in [9.17, 15) is 10.4 Å². The Hall–Kier alpha value is -3.07. The zero-order chi connectivity index (χ0) is 23.5. The summed E-state index contributed by atoms with van der Waals surface area (Å²) in [4.78, 5) is 12.3. The molecule has 1 saturated heterocycles. The molecule has 1 aliphatic rings. The Labute approximate surface area is 196 Å². The van der Waals surface area contributed by atoms with E-state index < -0.39 is 0 Å². The highest BCUT2D eigenvalue weighted by molar-refractivity contribution is 5.38. The maximum Gasteiger partial charge on any atom is 0.0991 e. The standard InChI is InChI=1S/C28H32N4O/c1-18-10-20(3)27(30-14-18)25-6-5-7-26(28-21(4)11-19(2)15-31-28)32(25)16-23-9-8-22(13-29)12-24(23)17-33/h8-12,14-15,25-26,33H,5-7,16-17H2,1-4H3. The van der Waals surface area contributed by atoms with Crippen molar-refractivity contribution in [2.45, 2.75) is 72.2 Å². The summed E-state index contributed by atoms with van der Waals surface area (Å²) in [5.74, 6) is 0. The van der Waals surface area contributed by atoms with E-state index in [4.69, 9.17) is 9.97 Å². The van der Waals surface area contributed by atoms with Crippen LogP contribution < -0.4 is 0 Å². The molecule has 0 amide bonds. The predicted octanol–water partition coefficient (Wildman–Crippen LogP) is 5.54. The third kappa shape index (κ3) is 4.83. The van der Waals surface area contributed by atoms with Gasteiger partial charge >= 0.3 is 0 Å². The number of nitrogens with zero attached hydrogens (tertiary/aromatic N) is 4. The molecule has 3 heterocycles. The maximum absolute atomic E-state index is 10.0. The number of hydrogen-bond acceptors (Lipinski definition) is 5. The Morgan fingerprint density at radius 1 is 0.909 bits per heavy atom. The van der Waals surface area contributed by atoms with Crippen molar-refractivity contribution in [2.75, 3.05) is 0 Å². The van der Waals surface area contributed by atoms with Crippen LogP contribution in [0.2, 0.25) is 0 Å². The molecule has 1 aliphatic heterocycles. The van der Waals surface area contributed by atoms with Crippen LogP contribution in [0.25, 0.3) is 0 Å². The third-order valence-electron chi connectivity index (χ3n) is 6.76. The summed E-state index contributed by atoms with van der Waals surface area (Å²) < 4.78 is 0. The zero-order valence-corrected chi connectivity index (χ0v) is 20.0. The molecule has 1 aromatic carbocycles. The topological polar surface area (TPSA) is 73.0 Å². The van der Waals surface area contributed by atoms with Crippen molar-refractivity contribution in [3.63, 3.8) is 0 Å². The van der Waals surface area contributed by atoms with Gasteiger partial charge in [-0.3, -0.25) is 14.9 Å². The predicted molar refractivity (Wildman–Crippen MR) is 129 cm³/mol. The van der Waals surface area contributed by atoms with Gasteiger partial charge in [-0.1, -0.05) is 18.2 Å². The molecule has 4 rings (SSSR count). The van der Waals surface area contributed by atoms with Gasteiger partial charge in [0.2, 0.25) is 0 Å². The minimum atomic E-state index is -0.0857. The summed E-state index contributed by atoms with van der Waals surface area (Å²) in [7, 11) is 0. The minimum Gasteiger partial charge on any atom is -0.392 e. The van der Waals surface area contributed by atoms with Gasteiger partial charge in [-0.2, -0.15) is 5.26 Å². The lowest BCUT2D eigenvalue weighted by atomic mass is 9.87. The second kappa shape index (κ2) is 9.82. The number of aryl methyl sites for hydroxylation is 4. The molecule has 170 valence electrons. The van der Waals surface area contributed by atoms with E-state index in [2.05, 4.69) is 50.8 Å². The van der Waals surface area contributed by atoms with Crippen molar-refractivity contribution in [2.24, 2.45) is 0 Å². The fourth-order valence-electron chi connectivity index (χ4n) is 5.20. The number of likely N-dealkylation sites (tertiary alicyclic amines) is 1. The van der Waals surface area contributed by atoms with Gasteiger partial charge in [-0.25, -0.2) is 0 Å². The van der Waals surface area contributed by atoms with Crippen LogP contribution >= 0.6 is 0 Å². The lowest BCUT2D eigenvalue weighted by molar-refractivity contribution is 0.0671. The number of nitriles is 1. The largest absolute Gasteiger partial charge is 0.392 e.